The minimum absolute atomic E-state index is 0.101. The van der Waals surface area contributed by atoms with Gasteiger partial charge in [-0.05, 0) is 56.7 Å². The number of ether oxygens (including phenoxy) is 3. The molecule has 2 aromatic heterocycles. The fourth-order valence-corrected chi connectivity index (χ4v) is 5.27. The van der Waals surface area contributed by atoms with Crippen molar-refractivity contribution in [2.75, 3.05) is 18.6 Å². The molecule has 214 valence electrons. The lowest BCUT2D eigenvalue weighted by atomic mass is 10.0. The van der Waals surface area contributed by atoms with E-state index in [1.807, 2.05) is 0 Å². The monoisotopic (exact) mass is 560 g/mol. The smallest absolute Gasteiger partial charge is 0.464 e. The summed E-state index contributed by atoms with van der Waals surface area (Å²) in [6.07, 6.45) is 2.05. The number of methoxy groups -OCH3 is 1. The highest BCUT2D eigenvalue weighted by Gasteiger charge is 2.37. The van der Waals surface area contributed by atoms with Crippen molar-refractivity contribution in [3.05, 3.63) is 53.5 Å². The highest BCUT2D eigenvalue weighted by Crippen LogP contribution is 2.45. The molecular formula is C28H31F3N4O5. The first-order valence-corrected chi connectivity index (χ1v) is 13.4. The van der Waals surface area contributed by atoms with Gasteiger partial charge in [0.05, 0.1) is 13.7 Å². The summed E-state index contributed by atoms with van der Waals surface area (Å²) in [6.45, 7) is 2.64. The van der Waals surface area contributed by atoms with Crippen LogP contribution in [0.4, 0.5) is 19.1 Å². The first-order valence-electron chi connectivity index (χ1n) is 13.4. The topological polar surface area (TPSA) is 99.8 Å². The number of halogens is 3. The second kappa shape index (κ2) is 11.8. The number of esters is 1. The van der Waals surface area contributed by atoms with Gasteiger partial charge in [0.1, 0.15) is 17.2 Å². The van der Waals surface area contributed by atoms with Gasteiger partial charge in [-0.15, -0.1) is 13.2 Å². The molecule has 5 rings (SSSR count). The van der Waals surface area contributed by atoms with Crippen molar-refractivity contribution in [3.8, 4) is 17.0 Å². The van der Waals surface area contributed by atoms with Crippen LogP contribution in [0.3, 0.4) is 0 Å². The molecule has 2 fully saturated rings. The van der Waals surface area contributed by atoms with Gasteiger partial charge in [-0.2, -0.15) is 0 Å². The van der Waals surface area contributed by atoms with E-state index in [0.29, 0.717) is 36.0 Å². The maximum Gasteiger partial charge on any atom is 0.573 e. The fraction of sp³-hybridized carbons (Fsp3) is 0.500. The van der Waals surface area contributed by atoms with Crippen molar-refractivity contribution < 1.29 is 36.7 Å². The van der Waals surface area contributed by atoms with Crippen molar-refractivity contribution in [3.63, 3.8) is 0 Å². The van der Waals surface area contributed by atoms with Crippen molar-refractivity contribution in [1.82, 2.24) is 15.1 Å². The summed E-state index contributed by atoms with van der Waals surface area (Å²) in [7, 11) is 1.31. The molecule has 0 radical (unpaired) electrons. The predicted octanol–water partition coefficient (Wildman–Crippen LogP) is 6.05. The number of alkyl halides is 3. The van der Waals surface area contributed by atoms with E-state index in [-0.39, 0.29) is 41.6 Å². The molecule has 0 amide bonds. The third-order valence-electron chi connectivity index (χ3n) is 7.34. The zero-order chi connectivity index (χ0) is 28.3. The van der Waals surface area contributed by atoms with Crippen LogP contribution in [-0.4, -0.2) is 53.3 Å². The Labute approximate surface area is 229 Å². The molecule has 2 aliphatic rings. The molecule has 12 heteroatoms. The minimum Gasteiger partial charge on any atom is -0.464 e. The number of anilines is 1. The molecule has 9 nitrogen and oxygen atoms in total. The maximum absolute atomic E-state index is 13.0. The number of aromatic nitrogens is 3. The number of nitrogens with zero attached hydrogens (tertiary/aromatic N) is 4. The van der Waals surface area contributed by atoms with E-state index in [4.69, 9.17) is 14.0 Å². The van der Waals surface area contributed by atoms with E-state index in [1.54, 1.807) is 12.3 Å². The molecule has 0 N–H and O–H groups in total. The normalized spacial score (nSPS) is 19.2. The Morgan fingerprint density at radius 1 is 1.12 bits per heavy atom. The Balaban J connectivity index is 1.29. The van der Waals surface area contributed by atoms with E-state index < -0.39 is 12.3 Å². The molecule has 0 bridgehead atoms. The number of para-hydroxylation sites is 1. The molecule has 1 aliphatic heterocycles. The van der Waals surface area contributed by atoms with Gasteiger partial charge in [-0.3, -0.25) is 0 Å². The standard InChI is InChI=1S/C28H31F3N4O5/c1-3-18-10-11-19(35(18)27-32-14-12-22(33-27)26(36)37-2)13-15-38-16-21-24(34-40-25(21)17-8-9-17)20-6-4-5-7-23(20)39-28(29,30)31/h4-7,12,14,17-19H,3,8-11,13,15-16H2,1-2H3/t18?,19-/m0/s1. The highest BCUT2D eigenvalue weighted by molar-refractivity contribution is 5.87. The molecule has 3 aromatic rings. The molecular weight excluding hydrogens is 529 g/mol. The Morgan fingerprint density at radius 3 is 2.62 bits per heavy atom. The summed E-state index contributed by atoms with van der Waals surface area (Å²) in [6, 6.07) is 7.75. The Morgan fingerprint density at radius 2 is 1.90 bits per heavy atom. The average Bonchev–Trinajstić information content (AvgIpc) is 3.57. The second-order valence-corrected chi connectivity index (χ2v) is 9.97. The molecule has 1 unspecified atom stereocenters. The van der Waals surface area contributed by atoms with Crippen molar-refractivity contribution >= 4 is 11.9 Å². The number of carbonyl (C=O) groups is 1. The summed E-state index contributed by atoms with van der Waals surface area (Å²) >= 11 is 0. The zero-order valence-electron chi connectivity index (χ0n) is 22.3. The van der Waals surface area contributed by atoms with Crippen LogP contribution in [0.15, 0.2) is 41.1 Å². The third-order valence-corrected chi connectivity index (χ3v) is 7.34. The van der Waals surface area contributed by atoms with Gasteiger partial charge in [-0.25, -0.2) is 14.8 Å². The summed E-state index contributed by atoms with van der Waals surface area (Å²) in [5.41, 5.74) is 1.34. The average molecular weight is 561 g/mol. The van der Waals surface area contributed by atoms with Crippen LogP contribution in [0.2, 0.25) is 0 Å². The van der Waals surface area contributed by atoms with E-state index in [0.717, 1.165) is 32.1 Å². The number of hydrogen-bond donors (Lipinski definition) is 0. The van der Waals surface area contributed by atoms with E-state index in [2.05, 4.69) is 31.7 Å². The first kappa shape index (κ1) is 27.9. The van der Waals surface area contributed by atoms with Gasteiger partial charge in [0.2, 0.25) is 5.95 Å². The van der Waals surface area contributed by atoms with Crippen LogP contribution >= 0.6 is 0 Å². The maximum atomic E-state index is 13.0. The van der Waals surface area contributed by atoms with Crippen LogP contribution in [0.5, 0.6) is 5.75 Å². The van der Waals surface area contributed by atoms with Crippen LogP contribution in [-0.2, 0) is 16.1 Å². The quantitative estimate of drug-likeness (QED) is 0.205. The lowest BCUT2D eigenvalue weighted by Crippen LogP contribution is -2.38. The SMILES string of the molecule is CCC1CC[C@@H](CCOCc2c(-c3ccccc3OC(F)(F)F)noc2C2CC2)N1c1nccc(C(=O)OC)n1. The van der Waals surface area contributed by atoms with Gasteiger partial charge in [-0.1, -0.05) is 24.2 Å². The first-order chi connectivity index (χ1) is 19.3. The van der Waals surface area contributed by atoms with Crippen molar-refractivity contribution in [1.29, 1.82) is 0 Å². The lowest BCUT2D eigenvalue weighted by Gasteiger charge is -2.30. The molecule has 3 heterocycles. The van der Waals surface area contributed by atoms with E-state index in [1.165, 1.54) is 31.4 Å². The molecule has 1 saturated carbocycles. The lowest BCUT2D eigenvalue weighted by molar-refractivity contribution is -0.274. The molecule has 1 aromatic carbocycles. The molecule has 1 saturated heterocycles. The van der Waals surface area contributed by atoms with Gasteiger partial charge in [0.15, 0.2) is 5.69 Å². The van der Waals surface area contributed by atoms with Gasteiger partial charge in [0.25, 0.3) is 0 Å². The van der Waals surface area contributed by atoms with Gasteiger partial charge >= 0.3 is 12.3 Å². The van der Waals surface area contributed by atoms with Crippen molar-refractivity contribution in [2.24, 2.45) is 0 Å². The van der Waals surface area contributed by atoms with Crippen molar-refractivity contribution in [2.45, 2.75) is 76.4 Å². The van der Waals surface area contributed by atoms with Crippen LogP contribution in [0.25, 0.3) is 11.3 Å². The number of benzene rings is 1. The zero-order valence-corrected chi connectivity index (χ0v) is 22.3. The van der Waals surface area contributed by atoms with Crippen LogP contribution < -0.4 is 9.64 Å². The molecule has 40 heavy (non-hydrogen) atoms. The third kappa shape index (κ3) is 6.22. The van der Waals surface area contributed by atoms with Gasteiger partial charge in [0, 0.05) is 41.9 Å². The van der Waals surface area contributed by atoms with E-state index >= 15 is 0 Å². The van der Waals surface area contributed by atoms with Crippen LogP contribution in [0, 0.1) is 0 Å². The highest BCUT2D eigenvalue weighted by atomic mass is 19.4. The number of carbonyl (C=O) groups excluding carboxylic acids is 1. The Kier molecular flexibility index (Phi) is 8.24. The number of hydrogen-bond acceptors (Lipinski definition) is 9. The second-order valence-electron chi connectivity index (χ2n) is 9.97. The Hall–Kier alpha value is -3.67. The summed E-state index contributed by atoms with van der Waals surface area (Å²) in [5, 5.41) is 4.13. The summed E-state index contributed by atoms with van der Waals surface area (Å²) in [4.78, 5) is 23.0. The minimum atomic E-state index is -4.83. The summed E-state index contributed by atoms with van der Waals surface area (Å²) in [5.74, 6) is 0.460. The largest absolute Gasteiger partial charge is 0.573 e. The predicted molar refractivity (Wildman–Crippen MR) is 138 cm³/mol. The molecule has 0 spiro atoms. The molecule has 1 aliphatic carbocycles. The van der Waals surface area contributed by atoms with E-state index in [9.17, 15) is 18.0 Å². The van der Waals surface area contributed by atoms with Crippen LogP contribution in [0.1, 0.15) is 73.2 Å². The fourth-order valence-electron chi connectivity index (χ4n) is 5.27. The number of rotatable bonds is 11. The summed E-state index contributed by atoms with van der Waals surface area (Å²) < 4.78 is 59.9. The molecule has 2 atom stereocenters. The van der Waals surface area contributed by atoms with Gasteiger partial charge < -0.3 is 23.6 Å². The Bertz CT molecular complexity index is 1330.